The van der Waals surface area contributed by atoms with Gasteiger partial charge in [-0.25, -0.2) is 0 Å². The minimum Gasteiger partial charge on any atom is -0.377 e. The van der Waals surface area contributed by atoms with E-state index in [0.717, 1.165) is 16.8 Å². The van der Waals surface area contributed by atoms with E-state index in [9.17, 15) is 10.1 Å². The van der Waals surface area contributed by atoms with Gasteiger partial charge in [0.25, 0.3) is 5.69 Å². The quantitative estimate of drug-likeness (QED) is 0.654. The number of hydrogen-bond donors (Lipinski definition) is 1. The third kappa shape index (κ3) is 3.08. The fourth-order valence-corrected chi connectivity index (χ4v) is 2.28. The van der Waals surface area contributed by atoms with E-state index in [1.54, 1.807) is 12.1 Å². The highest BCUT2D eigenvalue weighted by Crippen LogP contribution is 2.29. The molecule has 2 rings (SSSR count). The van der Waals surface area contributed by atoms with E-state index >= 15 is 0 Å². The number of nitrogens with one attached hydrogen (secondary N) is 1. The summed E-state index contributed by atoms with van der Waals surface area (Å²) in [5.74, 6) is 0. The maximum absolute atomic E-state index is 10.6. The summed E-state index contributed by atoms with van der Waals surface area (Å²) in [7, 11) is 0. The Balaban J connectivity index is 2.19. The number of para-hydroxylation sites is 1. The average Bonchev–Trinajstić information content (AvgIpc) is 2.43. The van der Waals surface area contributed by atoms with Gasteiger partial charge in [0, 0.05) is 18.2 Å². The molecule has 5 heteroatoms. The van der Waals surface area contributed by atoms with Crippen molar-refractivity contribution in [1.29, 1.82) is 0 Å². The number of aryl methyl sites for hydroxylation is 1. The molecular weight excluding hydrogens is 276 g/mol. The third-order valence-corrected chi connectivity index (χ3v) is 3.50. The highest BCUT2D eigenvalue weighted by molar-refractivity contribution is 6.33. The van der Waals surface area contributed by atoms with Gasteiger partial charge in [0.1, 0.15) is 0 Å². The highest BCUT2D eigenvalue weighted by Gasteiger charge is 2.11. The SMILES string of the molecule is Cc1cccc(Cl)c1NC(C)c1ccc([N+](=O)[O-])cc1. The second kappa shape index (κ2) is 5.92. The molecule has 0 aromatic heterocycles. The molecule has 0 aliphatic carbocycles. The number of halogens is 1. The van der Waals surface area contributed by atoms with Crippen LogP contribution in [0.15, 0.2) is 42.5 Å². The Bertz CT molecular complexity index is 606. The Kier molecular flexibility index (Phi) is 4.25. The van der Waals surface area contributed by atoms with Gasteiger partial charge in [-0.1, -0.05) is 35.9 Å². The number of hydrogen-bond acceptors (Lipinski definition) is 3. The molecule has 0 fully saturated rings. The molecule has 0 heterocycles. The van der Waals surface area contributed by atoms with Gasteiger partial charge in [0.2, 0.25) is 0 Å². The van der Waals surface area contributed by atoms with Crippen molar-refractivity contribution in [3.63, 3.8) is 0 Å². The molecule has 0 amide bonds. The zero-order chi connectivity index (χ0) is 14.7. The van der Waals surface area contributed by atoms with Crippen LogP contribution in [0.4, 0.5) is 11.4 Å². The molecule has 104 valence electrons. The number of non-ortho nitro benzene ring substituents is 1. The van der Waals surface area contributed by atoms with Crippen LogP contribution in [0.25, 0.3) is 0 Å². The summed E-state index contributed by atoms with van der Waals surface area (Å²) in [6.07, 6.45) is 0. The number of nitro groups is 1. The summed E-state index contributed by atoms with van der Waals surface area (Å²) >= 11 is 6.18. The van der Waals surface area contributed by atoms with Gasteiger partial charge in [-0.2, -0.15) is 0 Å². The molecule has 1 N–H and O–H groups in total. The van der Waals surface area contributed by atoms with Crippen LogP contribution in [0.3, 0.4) is 0 Å². The van der Waals surface area contributed by atoms with Crippen LogP contribution in [0.1, 0.15) is 24.1 Å². The standard InChI is InChI=1S/C15H15ClN2O2/c1-10-4-3-5-14(16)15(10)17-11(2)12-6-8-13(9-7-12)18(19)20/h3-9,11,17H,1-2H3. The molecular formula is C15H15ClN2O2. The molecule has 2 aromatic carbocycles. The van der Waals surface area contributed by atoms with Crippen molar-refractivity contribution in [2.45, 2.75) is 19.9 Å². The Hall–Kier alpha value is -2.07. The largest absolute Gasteiger partial charge is 0.377 e. The molecule has 0 spiro atoms. The summed E-state index contributed by atoms with van der Waals surface area (Å²) in [6, 6.07) is 12.2. The first kappa shape index (κ1) is 14.3. The van der Waals surface area contributed by atoms with Gasteiger partial charge >= 0.3 is 0 Å². The number of nitro benzene ring substituents is 1. The lowest BCUT2D eigenvalue weighted by Crippen LogP contribution is -2.08. The van der Waals surface area contributed by atoms with Gasteiger partial charge in [0.15, 0.2) is 0 Å². The smallest absolute Gasteiger partial charge is 0.269 e. The second-order valence-electron chi connectivity index (χ2n) is 4.65. The molecule has 20 heavy (non-hydrogen) atoms. The predicted molar refractivity (Wildman–Crippen MR) is 81.3 cm³/mol. The first-order chi connectivity index (χ1) is 9.49. The van der Waals surface area contributed by atoms with Crippen LogP contribution in [-0.2, 0) is 0 Å². The van der Waals surface area contributed by atoms with Gasteiger partial charge < -0.3 is 5.32 Å². The molecule has 1 unspecified atom stereocenters. The molecule has 0 saturated heterocycles. The third-order valence-electron chi connectivity index (χ3n) is 3.19. The van der Waals surface area contributed by atoms with Crippen LogP contribution in [0, 0.1) is 17.0 Å². The van der Waals surface area contributed by atoms with Crippen LogP contribution >= 0.6 is 11.6 Å². The van der Waals surface area contributed by atoms with E-state index in [-0.39, 0.29) is 11.7 Å². The van der Waals surface area contributed by atoms with Crippen molar-refractivity contribution in [2.24, 2.45) is 0 Å². The normalized spacial score (nSPS) is 11.9. The molecule has 1 atom stereocenters. The van der Waals surface area contributed by atoms with Crippen molar-refractivity contribution in [1.82, 2.24) is 0 Å². The average molecular weight is 291 g/mol. The van der Waals surface area contributed by atoms with E-state index < -0.39 is 4.92 Å². The first-order valence-electron chi connectivity index (χ1n) is 6.25. The summed E-state index contributed by atoms with van der Waals surface area (Å²) in [4.78, 5) is 10.2. The molecule has 4 nitrogen and oxygen atoms in total. The van der Waals surface area contributed by atoms with Gasteiger partial charge in [-0.3, -0.25) is 10.1 Å². The minimum atomic E-state index is -0.403. The Labute approximate surface area is 122 Å². The Morgan fingerprint density at radius 2 is 1.85 bits per heavy atom. The van der Waals surface area contributed by atoms with Crippen LogP contribution in [-0.4, -0.2) is 4.92 Å². The fraction of sp³-hybridized carbons (Fsp3) is 0.200. The summed E-state index contributed by atoms with van der Waals surface area (Å²) < 4.78 is 0. The van der Waals surface area contributed by atoms with Crippen molar-refractivity contribution < 1.29 is 4.92 Å². The van der Waals surface area contributed by atoms with Crippen LogP contribution < -0.4 is 5.32 Å². The molecule has 2 aromatic rings. The lowest BCUT2D eigenvalue weighted by Gasteiger charge is -2.18. The zero-order valence-corrected chi connectivity index (χ0v) is 12.0. The number of benzene rings is 2. The van der Waals surface area contributed by atoms with Crippen LogP contribution in [0.5, 0.6) is 0 Å². The highest BCUT2D eigenvalue weighted by atomic mass is 35.5. The zero-order valence-electron chi connectivity index (χ0n) is 11.3. The lowest BCUT2D eigenvalue weighted by molar-refractivity contribution is -0.384. The minimum absolute atomic E-state index is 0.00871. The molecule has 0 radical (unpaired) electrons. The predicted octanol–water partition coefficient (Wildman–Crippen LogP) is 4.73. The number of rotatable bonds is 4. The fourth-order valence-electron chi connectivity index (χ4n) is 2.00. The van der Waals surface area contributed by atoms with E-state index in [2.05, 4.69) is 5.32 Å². The van der Waals surface area contributed by atoms with E-state index in [4.69, 9.17) is 11.6 Å². The summed E-state index contributed by atoms with van der Waals surface area (Å²) in [5.41, 5.74) is 3.01. The lowest BCUT2D eigenvalue weighted by atomic mass is 10.1. The van der Waals surface area contributed by atoms with E-state index in [1.807, 2.05) is 32.0 Å². The maximum Gasteiger partial charge on any atom is 0.269 e. The maximum atomic E-state index is 10.6. The molecule has 0 aliphatic rings. The van der Waals surface area contributed by atoms with Crippen LogP contribution in [0.2, 0.25) is 5.02 Å². The molecule has 0 aliphatic heterocycles. The number of nitrogens with zero attached hydrogens (tertiary/aromatic N) is 1. The van der Waals surface area contributed by atoms with Gasteiger partial charge in [-0.15, -0.1) is 0 Å². The monoisotopic (exact) mass is 290 g/mol. The Morgan fingerprint density at radius 1 is 1.20 bits per heavy atom. The second-order valence-corrected chi connectivity index (χ2v) is 5.05. The summed E-state index contributed by atoms with van der Waals surface area (Å²) in [6.45, 7) is 3.97. The topological polar surface area (TPSA) is 55.2 Å². The molecule has 0 saturated carbocycles. The van der Waals surface area contributed by atoms with Gasteiger partial charge in [0.05, 0.1) is 15.6 Å². The Morgan fingerprint density at radius 3 is 2.40 bits per heavy atom. The van der Waals surface area contributed by atoms with Crippen molar-refractivity contribution in [2.75, 3.05) is 5.32 Å². The number of anilines is 1. The van der Waals surface area contributed by atoms with Gasteiger partial charge in [-0.05, 0) is 31.0 Å². The first-order valence-corrected chi connectivity index (χ1v) is 6.63. The van der Waals surface area contributed by atoms with E-state index in [1.165, 1.54) is 12.1 Å². The van der Waals surface area contributed by atoms with Crippen molar-refractivity contribution in [3.8, 4) is 0 Å². The molecule has 0 bridgehead atoms. The summed E-state index contributed by atoms with van der Waals surface area (Å²) in [5, 5.41) is 14.6. The van der Waals surface area contributed by atoms with Crippen molar-refractivity contribution in [3.05, 3.63) is 68.7 Å². The van der Waals surface area contributed by atoms with Crippen molar-refractivity contribution >= 4 is 23.0 Å². The van der Waals surface area contributed by atoms with E-state index in [0.29, 0.717) is 5.02 Å².